The van der Waals surface area contributed by atoms with Crippen molar-refractivity contribution in [3.05, 3.63) is 11.6 Å². The van der Waals surface area contributed by atoms with Gasteiger partial charge in [-0.3, -0.25) is 4.90 Å². The van der Waals surface area contributed by atoms with Crippen LogP contribution in [0, 0.1) is 0 Å². The van der Waals surface area contributed by atoms with Crippen LogP contribution in [0.4, 0.5) is 0 Å². The fourth-order valence-electron chi connectivity index (χ4n) is 1.14. The van der Waals surface area contributed by atoms with Crippen molar-refractivity contribution in [2.24, 2.45) is 0 Å². The van der Waals surface area contributed by atoms with Crippen molar-refractivity contribution in [1.29, 1.82) is 0 Å². The maximum Gasteiger partial charge on any atom is 0.0314 e. The smallest absolute Gasteiger partial charge is 0.0314 e. The molecule has 1 aliphatic carbocycles. The van der Waals surface area contributed by atoms with Crippen molar-refractivity contribution in [3.8, 4) is 0 Å². The molecule has 1 rings (SSSR count). The molecule has 1 atom stereocenters. The van der Waals surface area contributed by atoms with E-state index in [9.17, 15) is 0 Å². The Bertz CT molecular complexity index is 127. The highest BCUT2D eigenvalue weighted by Crippen LogP contribution is 2.21. The molecule has 0 heterocycles. The third kappa shape index (κ3) is 1.33. The second kappa shape index (κ2) is 2.53. The number of hydrogen-bond acceptors (Lipinski definition) is 1. The molecular formula is C8H15N. The van der Waals surface area contributed by atoms with Gasteiger partial charge in [-0.25, -0.2) is 0 Å². The van der Waals surface area contributed by atoms with E-state index in [1.807, 2.05) is 0 Å². The largest absolute Gasteiger partial charge is 0.300 e. The second-order valence-electron chi connectivity index (χ2n) is 2.86. The van der Waals surface area contributed by atoms with E-state index in [1.165, 1.54) is 6.42 Å². The minimum Gasteiger partial charge on any atom is -0.300 e. The van der Waals surface area contributed by atoms with E-state index in [0.29, 0.717) is 0 Å². The first-order valence-corrected chi connectivity index (χ1v) is 3.61. The van der Waals surface area contributed by atoms with Crippen LogP contribution < -0.4 is 0 Å². The van der Waals surface area contributed by atoms with Gasteiger partial charge in [-0.15, -0.1) is 0 Å². The van der Waals surface area contributed by atoms with Crippen molar-refractivity contribution < 1.29 is 0 Å². The van der Waals surface area contributed by atoms with E-state index < -0.39 is 0 Å². The zero-order valence-corrected chi connectivity index (χ0v) is 6.52. The van der Waals surface area contributed by atoms with Crippen LogP contribution in [-0.4, -0.2) is 24.5 Å². The average molecular weight is 125 g/mol. The summed E-state index contributed by atoms with van der Waals surface area (Å²) in [6.45, 7) is 5.55. The first-order chi connectivity index (χ1) is 4.24. The Morgan fingerprint density at radius 3 is 2.67 bits per heavy atom. The summed E-state index contributed by atoms with van der Waals surface area (Å²) in [6, 6.07) is 0.745. The lowest BCUT2D eigenvalue weighted by Gasteiger charge is -2.31. The van der Waals surface area contributed by atoms with Crippen LogP contribution in [0.15, 0.2) is 11.6 Å². The predicted octanol–water partition coefficient (Wildman–Crippen LogP) is 1.66. The molecule has 0 bridgehead atoms. The summed E-state index contributed by atoms with van der Waals surface area (Å²) in [5.41, 5.74) is 1.54. The van der Waals surface area contributed by atoms with Gasteiger partial charge in [0.1, 0.15) is 0 Å². The van der Waals surface area contributed by atoms with Gasteiger partial charge in [0.2, 0.25) is 0 Å². The SMILES string of the molecule is CCN(C)C1C=C(C)C1. The summed E-state index contributed by atoms with van der Waals surface area (Å²) in [5.74, 6) is 0. The van der Waals surface area contributed by atoms with Crippen molar-refractivity contribution >= 4 is 0 Å². The third-order valence-electron chi connectivity index (χ3n) is 2.07. The van der Waals surface area contributed by atoms with Gasteiger partial charge < -0.3 is 0 Å². The topological polar surface area (TPSA) is 3.24 Å². The molecule has 1 unspecified atom stereocenters. The van der Waals surface area contributed by atoms with E-state index in [1.54, 1.807) is 5.57 Å². The molecule has 0 fully saturated rings. The van der Waals surface area contributed by atoms with E-state index in [2.05, 4.69) is 31.9 Å². The van der Waals surface area contributed by atoms with Gasteiger partial charge in [0, 0.05) is 6.04 Å². The van der Waals surface area contributed by atoms with Crippen LogP contribution in [0.5, 0.6) is 0 Å². The second-order valence-corrected chi connectivity index (χ2v) is 2.86. The highest BCUT2D eigenvalue weighted by Gasteiger charge is 2.18. The van der Waals surface area contributed by atoms with Crippen LogP contribution in [0.1, 0.15) is 20.3 Å². The Labute approximate surface area is 57.4 Å². The summed E-state index contributed by atoms with van der Waals surface area (Å²) in [6.07, 6.45) is 3.62. The molecule has 0 aromatic carbocycles. The zero-order chi connectivity index (χ0) is 6.85. The Morgan fingerprint density at radius 1 is 1.78 bits per heavy atom. The molecule has 0 amide bonds. The van der Waals surface area contributed by atoms with E-state index in [4.69, 9.17) is 0 Å². The Morgan fingerprint density at radius 2 is 2.33 bits per heavy atom. The van der Waals surface area contributed by atoms with Gasteiger partial charge in [-0.05, 0) is 26.9 Å². The first kappa shape index (κ1) is 6.81. The van der Waals surface area contributed by atoms with Crippen molar-refractivity contribution in [2.75, 3.05) is 13.6 Å². The Balaban J connectivity index is 2.32. The molecule has 52 valence electrons. The fourth-order valence-corrected chi connectivity index (χ4v) is 1.14. The molecule has 0 N–H and O–H groups in total. The molecular weight excluding hydrogens is 110 g/mol. The molecule has 9 heavy (non-hydrogen) atoms. The van der Waals surface area contributed by atoms with Crippen molar-refractivity contribution in [3.63, 3.8) is 0 Å². The van der Waals surface area contributed by atoms with Gasteiger partial charge in [0.15, 0.2) is 0 Å². The summed E-state index contributed by atoms with van der Waals surface area (Å²) < 4.78 is 0. The number of nitrogens with zero attached hydrogens (tertiary/aromatic N) is 1. The average Bonchev–Trinajstić information content (AvgIpc) is 1.79. The number of rotatable bonds is 2. The Hall–Kier alpha value is -0.300. The van der Waals surface area contributed by atoms with Crippen molar-refractivity contribution in [1.82, 2.24) is 4.90 Å². The van der Waals surface area contributed by atoms with Gasteiger partial charge in [-0.1, -0.05) is 18.6 Å². The van der Waals surface area contributed by atoms with E-state index in [-0.39, 0.29) is 0 Å². The van der Waals surface area contributed by atoms with Crippen LogP contribution in [0.25, 0.3) is 0 Å². The van der Waals surface area contributed by atoms with Crippen molar-refractivity contribution in [2.45, 2.75) is 26.3 Å². The van der Waals surface area contributed by atoms with E-state index >= 15 is 0 Å². The van der Waals surface area contributed by atoms with Crippen LogP contribution in [0.3, 0.4) is 0 Å². The van der Waals surface area contributed by atoms with Gasteiger partial charge in [0.05, 0.1) is 0 Å². The normalized spacial score (nSPS) is 25.8. The standard InChI is InChI=1S/C8H15N/c1-4-9(3)8-5-7(2)6-8/h5,8H,4,6H2,1-3H3. The van der Waals surface area contributed by atoms with E-state index in [0.717, 1.165) is 12.6 Å². The third-order valence-corrected chi connectivity index (χ3v) is 2.07. The lowest BCUT2D eigenvalue weighted by Crippen LogP contribution is -2.34. The van der Waals surface area contributed by atoms with Gasteiger partial charge >= 0.3 is 0 Å². The molecule has 0 aromatic rings. The lowest BCUT2D eigenvalue weighted by atomic mass is 9.94. The quantitative estimate of drug-likeness (QED) is 0.507. The first-order valence-electron chi connectivity index (χ1n) is 3.61. The van der Waals surface area contributed by atoms with Crippen LogP contribution in [-0.2, 0) is 0 Å². The maximum absolute atomic E-state index is 2.37. The summed E-state index contributed by atoms with van der Waals surface area (Å²) in [7, 11) is 2.17. The lowest BCUT2D eigenvalue weighted by molar-refractivity contribution is 0.275. The fraction of sp³-hybridized carbons (Fsp3) is 0.750. The minimum absolute atomic E-state index is 0.745. The molecule has 0 saturated heterocycles. The molecule has 0 aromatic heterocycles. The van der Waals surface area contributed by atoms with Crippen LogP contribution in [0.2, 0.25) is 0 Å². The maximum atomic E-state index is 2.37. The minimum atomic E-state index is 0.745. The monoisotopic (exact) mass is 125 g/mol. The number of hydrogen-bond donors (Lipinski definition) is 0. The number of likely N-dealkylation sites (N-methyl/N-ethyl adjacent to an activating group) is 1. The molecule has 1 heteroatoms. The molecule has 1 nitrogen and oxygen atoms in total. The highest BCUT2D eigenvalue weighted by molar-refractivity contribution is 5.18. The summed E-state index contributed by atoms with van der Waals surface area (Å²) >= 11 is 0. The molecule has 0 radical (unpaired) electrons. The zero-order valence-electron chi connectivity index (χ0n) is 6.52. The van der Waals surface area contributed by atoms with Gasteiger partial charge in [0.25, 0.3) is 0 Å². The van der Waals surface area contributed by atoms with Gasteiger partial charge in [-0.2, -0.15) is 0 Å². The molecule has 0 saturated carbocycles. The predicted molar refractivity (Wildman–Crippen MR) is 40.5 cm³/mol. The molecule has 1 aliphatic rings. The molecule has 0 spiro atoms. The Kier molecular flexibility index (Phi) is 1.91. The highest BCUT2D eigenvalue weighted by atomic mass is 15.1. The molecule has 0 aliphatic heterocycles. The summed E-state index contributed by atoms with van der Waals surface area (Å²) in [4.78, 5) is 2.37. The summed E-state index contributed by atoms with van der Waals surface area (Å²) in [5, 5.41) is 0. The van der Waals surface area contributed by atoms with Crippen LogP contribution >= 0.6 is 0 Å².